The highest BCUT2D eigenvalue weighted by atomic mass is 35.5. The largest absolute Gasteiger partial charge is 0.495 e. The number of ether oxygens (including phenoxy) is 1. The van der Waals surface area contributed by atoms with E-state index in [0.29, 0.717) is 34.8 Å². The van der Waals surface area contributed by atoms with Crippen LogP contribution in [0.2, 0.25) is 5.02 Å². The van der Waals surface area contributed by atoms with Crippen molar-refractivity contribution >= 4 is 29.1 Å². The minimum absolute atomic E-state index is 0.262. The Bertz CT molecular complexity index is 858. The van der Waals surface area contributed by atoms with Crippen LogP contribution in [0, 0.1) is 5.82 Å². The van der Waals surface area contributed by atoms with E-state index in [1.165, 1.54) is 12.1 Å². The zero-order valence-corrected chi connectivity index (χ0v) is 14.2. The fourth-order valence-electron chi connectivity index (χ4n) is 2.21. The summed E-state index contributed by atoms with van der Waals surface area (Å²) in [4.78, 5) is 8.58. The Morgan fingerprint density at radius 3 is 2.68 bits per heavy atom. The van der Waals surface area contributed by atoms with Gasteiger partial charge in [-0.2, -0.15) is 4.98 Å². The third-order valence-corrected chi connectivity index (χ3v) is 3.68. The molecule has 0 saturated carbocycles. The van der Waals surface area contributed by atoms with E-state index in [1.54, 1.807) is 49.7 Å². The van der Waals surface area contributed by atoms with Crippen molar-refractivity contribution in [1.82, 2.24) is 9.97 Å². The Balaban J connectivity index is 1.71. The van der Waals surface area contributed by atoms with Gasteiger partial charge in [0.05, 0.1) is 12.8 Å². The van der Waals surface area contributed by atoms with Gasteiger partial charge in [0.15, 0.2) is 0 Å². The van der Waals surface area contributed by atoms with Crippen molar-refractivity contribution in [3.8, 4) is 5.75 Å². The van der Waals surface area contributed by atoms with Gasteiger partial charge in [0.25, 0.3) is 0 Å². The zero-order valence-electron chi connectivity index (χ0n) is 13.5. The van der Waals surface area contributed by atoms with Crippen LogP contribution in [0.25, 0.3) is 0 Å². The number of anilines is 3. The molecule has 3 aromatic rings. The number of nitrogens with zero attached hydrogens (tertiary/aromatic N) is 2. The Hall–Kier alpha value is -2.86. The van der Waals surface area contributed by atoms with E-state index in [2.05, 4.69) is 20.6 Å². The highest BCUT2D eigenvalue weighted by molar-refractivity contribution is 6.31. The molecule has 0 radical (unpaired) electrons. The van der Waals surface area contributed by atoms with Crippen LogP contribution < -0.4 is 15.4 Å². The average molecular weight is 359 g/mol. The van der Waals surface area contributed by atoms with Gasteiger partial charge in [-0.05, 0) is 42.0 Å². The maximum absolute atomic E-state index is 12.9. The van der Waals surface area contributed by atoms with Gasteiger partial charge in [-0.15, -0.1) is 0 Å². The van der Waals surface area contributed by atoms with Crippen LogP contribution in [-0.4, -0.2) is 17.1 Å². The first-order valence-corrected chi connectivity index (χ1v) is 7.94. The van der Waals surface area contributed by atoms with E-state index in [4.69, 9.17) is 16.3 Å². The Morgan fingerprint density at radius 2 is 1.92 bits per heavy atom. The molecule has 1 aromatic heterocycles. The van der Waals surface area contributed by atoms with Crippen LogP contribution in [0.15, 0.2) is 54.7 Å². The summed E-state index contributed by atoms with van der Waals surface area (Å²) in [6.45, 7) is 0.490. The number of hydrogen-bond donors (Lipinski definition) is 2. The summed E-state index contributed by atoms with van der Waals surface area (Å²) in [5.74, 6) is 1.44. The summed E-state index contributed by atoms with van der Waals surface area (Å²) in [7, 11) is 1.59. The maximum Gasteiger partial charge on any atom is 0.224 e. The lowest BCUT2D eigenvalue weighted by Crippen LogP contribution is -2.05. The molecule has 0 unspecified atom stereocenters. The molecule has 0 saturated heterocycles. The second-order valence-corrected chi connectivity index (χ2v) is 5.65. The van der Waals surface area contributed by atoms with E-state index >= 15 is 0 Å². The molecule has 2 aromatic carbocycles. The molecule has 0 aliphatic carbocycles. The Labute approximate surface area is 149 Å². The van der Waals surface area contributed by atoms with Gasteiger partial charge < -0.3 is 15.4 Å². The lowest BCUT2D eigenvalue weighted by Gasteiger charge is -2.12. The molecule has 3 rings (SSSR count). The van der Waals surface area contributed by atoms with Crippen LogP contribution in [0.4, 0.5) is 21.8 Å². The molecule has 0 aliphatic rings. The molecule has 0 amide bonds. The second kappa shape index (κ2) is 7.81. The first-order valence-electron chi connectivity index (χ1n) is 7.56. The SMILES string of the molecule is COc1ccc(Cl)cc1Nc1ccnc(NCc2ccc(F)cc2)n1. The van der Waals surface area contributed by atoms with E-state index in [-0.39, 0.29) is 5.82 Å². The van der Waals surface area contributed by atoms with Crippen molar-refractivity contribution in [3.05, 3.63) is 71.1 Å². The van der Waals surface area contributed by atoms with Crippen LogP contribution in [0.1, 0.15) is 5.56 Å². The predicted octanol–water partition coefficient (Wildman–Crippen LogP) is 4.63. The first kappa shape index (κ1) is 17.0. The summed E-state index contributed by atoms with van der Waals surface area (Å²) in [5.41, 5.74) is 1.64. The van der Waals surface area contributed by atoms with Crippen LogP contribution in [0.3, 0.4) is 0 Å². The molecule has 0 fully saturated rings. The van der Waals surface area contributed by atoms with Gasteiger partial charge in [-0.25, -0.2) is 9.37 Å². The van der Waals surface area contributed by atoms with Gasteiger partial charge in [0, 0.05) is 17.8 Å². The number of rotatable bonds is 6. The number of aromatic nitrogens is 2. The molecule has 0 spiro atoms. The van der Waals surface area contributed by atoms with E-state index in [9.17, 15) is 4.39 Å². The van der Waals surface area contributed by atoms with E-state index in [0.717, 1.165) is 5.56 Å². The summed E-state index contributed by atoms with van der Waals surface area (Å²) < 4.78 is 18.2. The van der Waals surface area contributed by atoms with Crippen molar-refractivity contribution < 1.29 is 9.13 Å². The van der Waals surface area contributed by atoms with Crippen molar-refractivity contribution in [3.63, 3.8) is 0 Å². The minimum atomic E-state index is -0.262. The van der Waals surface area contributed by atoms with Crippen molar-refractivity contribution in [1.29, 1.82) is 0 Å². The summed E-state index contributed by atoms with van der Waals surface area (Å²) in [5, 5.41) is 6.85. The lowest BCUT2D eigenvalue weighted by molar-refractivity contribution is 0.417. The number of hydrogen-bond acceptors (Lipinski definition) is 5. The topological polar surface area (TPSA) is 59.1 Å². The average Bonchev–Trinajstić information content (AvgIpc) is 2.62. The van der Waals surface area contributed by atoms with Crippen LogP contribution in [-0.2, 0) is 6.54 Å². The van der Waals surface area contributed by atoms with Crippen molar-refractivity contribution in [2.75, 3.05) is 17.7 Å². The Kier molecular flexibility index (Phi) is 5.30. The highest BCUT2D eigenvalue weighted by Crippen LogP contribution is 2.30. The maximum atomic E-state index is 12.9. The quantitative estimate of drug-likeness (QED) is 0.672. The summed E-state index contributed by atoms with van der Waals surface area (Å²) in [6, 6.07) is 13.3. The van der Waals surface area contributed by atoms with Gasteiger partial charge in [-0.1, -0.05) is 23.7 Å². The molecule has 25 heavy (non-hydrogen) atoms. The van der Waals surface area contributed by atoms with Gasteiger partial charge in [0.1, 0.15) is 17.4 Å². The molecule has 1 heterocycles. The summed E-state index contributed by atoms with van der Waals surface area (Å²) >= 11 is 6.03. The third-order valence-electron chi connectivity index (χ3n) is 3.44. The Morgan fingerprint density at radius 1 is 1.12 bits per heavy atom. The normalized spacial score (nSPS) is 10.4. The molecular weight excluding hydrogens is 343 g/mol. The van der Waals surface area contributed by atoms with Crippen molar-refractivity contribution in [2.45, 2.75) is 6.54 Å². The second-order valence-electron chi connectivity index (χ2n) is 5.22. The van der Waals surface area contributed by atoms with Crippen LogP contribution in [0.5, 0.6) is 5.75 Å². The van der Waals surface area contributed by atoms with Gasteiger partial charge >= 0.3 is 0 Å². The molecule has 0 bridgehead atoms. The standard InChI is InChI=1S/C18H16ClFN4O/c1-25-16-7-4-13(19)10-15(16)23-17-8-9-21-18(24-17)22-11-12-2-5-14(20)6-3-12/h2-10H,11H2,1H3,(H2,21,22,23,24). The van der Waals surface area contributed by atoms with Gasteiger partial charge in [-0.3, -0.25) is 0 Å². The predicted molar refractivity (Wildman–Crippen MR) is 97.0 cm³/mol. The smallest absolute Gasteiger partial charge is 0.224 e. The number of methoxy groups -OCH3 is 1. The fourth-order valence-corrected chi connectivity index (χ4v) is 2.38. The number of nitrogens with one attached hydrogen (secondary N) is 2. The molecule has 5 nitrogen and oxygen atoms in total. The number of halogens is 2. The monoisotopic (exact) mass is 358 g/mol. The number of benzene rings is 2. The lowest BCUT2D eigenvalue weighted by atomic mass is 10.2. The summed E-state index contributed by atoms with van der Waals surface area (Å²) in [6.07, 6.45) is 1.64. The molecule has 2 N–H and O–H groups in total. The minimum Gasteiger partial charge on any atom is -0.495 e. The first-order chi connectivity index (χ1) is 12.1. The molecular formula is C18H16ClFN4O. The molecule has 0 atom stereocenters. The zero-order chi connectivity index (χ0) is 17.6. The van der Waals surface area contributed by atoms with Crippen molar-refractivity contribution in [2.24, 2.45) is 0 Å². The van der Waals surface area contributed by atoms with E-state index in [1.807, 2.05) is 0 Å². The molecule has 7 heteroatoms. The highest BCUT2D eigenvalue weighted by Gasteiger charge is 2.06. The van der Waals surface area contributed by atoms with Gasteiger partial charge in [0.2, 0.25) is 5.95 Å². The third kappa shape index (κ3) is 4.58. The fraction of sp³-hybridized carbons (Fsp3) is 0.111. The van der Waals surface area contributed by atoms with Crippen LogP contribution >= 0.6 is 11.6 Å². The molecule has 128 valence electrons. The molecule has 0 aliphatic heterocycles. The van der Waals surface area contributed by atoms with E-state index < -0.39 is 0 Å².